The van der Waals surface area contributed by atoms with Gasteiger partial charge in [0, 0.05) is 35.9 Å². The van der Waals surface area contributed by atoms with Crippen LogP contribution in [0.15, 0.2) is 91.4 Å². The third-order valence-corrected chi connectivity index (χ3v) is 5.08. The lowest BCUT2D eigenvalue weighted by molar-refractivity contribution is -0.119. The lowest BCUT2D eigenvalue weighted by atomic mass is 10.00. The maximum absolute atomic E-state index is 12.4. The summed E-state index contributed by atoms with van der Waals surface area (Å²) in [5, 5.41) is 0. The molecule has 0 amide bonds. The second-order valence-corrected chi connectivity index (χ2v) is 7.42. The van der Waals surface area contributed by atoms with E-state index in [0.29, 0.717) is 12.8 Å². The fraction of sp³-hybridized carbons (Fsp3) is 0.111. The van der Waals surface area contributed by atoms with Gasteiger partial charge in [0.05, 0.1) is 12.4 Å². The van der Waals surface area contributed by atoms with Crippen LogP contribution in [0.4, 0.5) is 0 Å². The van der Waals surface area contributed by atoms with E-state index in [1.165, 1.54) is 11.1 Å². The molecular formula is C27H23N3O. The fourth-order valence-corrected chi connectivity index (χ4v) is 3.31. The molecule has 0 saturated carbocycles. The quantitative estimate of drug-likeness (QED) is 0.473. The lowest BCUT2D eigenvalue weighted by Gasteiger charge is -2.09. The third kappa shape index (κ3) is 5.57. The average molecular weight is 406 g/mol. The first-order chi connectivity index (χ1) is 15.2. The molecule has 0 aliphatic rings. The molecule has 0 bridgehead atoms. The molecule has 152 valence electrons. The number of Topliss-reactive ketones (excluding diaryl/α,β-unsaturated/α-hetero) is 1. The standard InChI is InChI=1S/C27H23N3O/c28-26(17-25-18-29-19-30-25)27(31)16-22-10-8-20(9-11-22)6-7-21-12-14-24(15-13-21)23-4-2-1-3-5-23/h1-5,8-15,18-19,26H,16-17,28H2,(H,29,30). The average Bonchev–Trinajstić information content (AvgIpc) is 3.32. The van der Waals surface area contributed by atoms with Crippen LogP contribution in [0, 0.1) is 11.8 Å². The van der Waals surface area contributed by atoms with Crippen LogP contribution in [-0.2, 0) is 17.6 Å². The van der Waals surface area contributed by atoms with E-state index in [0.717, 1.165) is 22.4 Å². The number of ketones is 1. The summed E-state index contributed by atoms with van der Waals surface area (Å²) in [7, 11) is 0. The molecule has 4 rings (SSSR count). The smallest absolute Gasteiger partial charge is 0.154 e. The van der Waals surface area contributed by atoms with E-state index < -0.39 is 6.04 Å². The van der Waals surface area contributed by atoms with Gasteiger partial charge in [-0.1, -0.05) is 66.4 Å². The monoisotopic (exact) mass is 405 g/mol. The van der Waals surface area contributed by atoms with Crippen LogP contribution in [0.3, 0.4) is 0 Å². The zero-order valence-electron chi connectivity index (χ0n) is 17.1. The number of H-pyrrole nitrogens is 1. The molecule has 1 atom stereocenters. The second-order valence-electron chi connectivity index (χ2n) is 7.42. The van der Waals surface area contributed by atoms with Gasteiger partial charge >= 0.3 is 0 Å². The highest BCUT2D eigenvalue weighted by Crippen LogP contribution is 2.19. The molecule has 4 aromatic rings. The Morgan fingerprint density at radius 2 is 1.48 bits per heavy atom. The van der Waals surface area contributed by atoms with Gasteiger partial charge in [-0.3, -0.25) is 4.79 Å². The third-order valence-electron chi connectivity index (χ3n) is 5.08. The molecule has 1 aromatic heterocycles. The normalized spacial score (nSPS) is 11.4. The summed E-state index contributed by atoms with van der Waals surface area (Å²) in [6.45, 7) is 0. The Bertz CT molecular complexity index is 1180. The van der Waals surface area contributed by atoms with Crippen LogP contribution in [0.2, 0.25) is 0 Å². The number of nitrogens with one attached hydrogen (secondary N) is 1. The molecule has 0 aliphatic carbocycles. The summed E-state index contributed by atoms with van der Waals surface area (Å²) >= 11 is 0. The zero-order valence-corrected chi connectivity index (χ0v) is 17.1. The van der Waals surface area contributed by atoms with Crippen molar-refractivity contribution in [3.8, 4) is 23.0 Å². The van der Waals surface area contributed by atoms with Crippen molar-refractivity contribution in [2.75, 3.05) is 0 Å². The molecule has 31 heavy (non-hydrogen) atoms. The number of hydrogen-bond acceptors (Lipinski definition) is 3. The molecule has 0 spiro atoms. The van der Waals surface area contributed by atoms with Crippen molar-refractivity contribution in [2.24, 2.45) is 5.73 Å². The molecule has 0 saturated heterocycles. The number of carbonyl (C=O) groups is 1. The molecular weight excluding hydrogens is 382 g/mol. The Hall–Kier alpha value is -3.94. The number of imidazole rings is 1. The summed E-state index contributed by atoms with van der Waals surface area (Å²) < 4.78 is 0. The van der Waals surface area contributed by atoms with Crippen LogP contribution in [0.25, 0.3) is 11.1 Å². The SMILES string of the molecule is NC(Cc1cnc[nH]1)C(=O)Cc1ccc(C#Cc2ccc(-c3ccccc3)cc2)cc1. The predicted molar refractivity (Wildman–Crippen MR) is 123 cm³/mol. The van der Waals surface area contributed by atoms with Gasteiger partial charge in [-0.25, -0.2) is 4.98 Å². The molecule has 4 heteroatoms. The van der Waals surface area contributed by atoms with Crippen LogP contribution in [-0.4, -0.2) is 21.8 Å². The van der Waals surface area contributed by atoms with Gasteiger partial charge in [0.25, 0.3) is 0 Å². The molecule has 4 nitrogen and oxygen atoms in total. The van der Waals surface area contributed by atoms with Crippen molar-refractivity contribution in [3.05, 3.63) is 114 Å². The van der Waals surface area contributed by atoms with Crippen LogP contribution >= 0.6 is 0 Å². The van der Waals surface area contributed by atoms with Crippen LogP contribution in [0.5, 0.6) is 0 Å². The van der Waals surface area contributed by atoms with Gasteiger partial charge in [0.2, 0.25) is 0 Å². The second kappa shape index (κ2) is 9.71. The first-order valence-electron chi connectivity index (χ1n) is 10.2. The number of benzene rings is 3. The van der Waals surface area contributed by atoms with E-state index in [-0.39, 0.29) is 5.78 Å². The van der Waals surface area contributed by atoms with Crippen LogP contribution in [0.1, 0.15) is 22.4 Å². The summed E-state index contributed by atoms with van der Waals surface area (Å²) in [5.41, 5.74) is 12.1. The van der Waals surface area contributed by atoms with Gasteiger partial charge in [-0.2, -0.15) is 0 Å². The topological polar surface area (TPSA) is 71.8 Å². The Balaban J connectivity index is 1.36. The van der Waals surface area contributed by atoms with Crippen molar-refractivity contribution in [3.63, 3.8) is 0 Å². The largest absolute Gasteiger partial charge is 0.348 e. The van der Waals surface area contributed by atoms with E-state index in [1.807, 2.05) is 54.6 Å². The summed E-state index contributed by atoms with van der Waals surface area (Å²) in [6, 6.07) is 25.7. The molecule has 0 fully saturated rings. The fourth-order valence-electron chi connectivity index (χ4n) is 3.31. The number of nitrogens with zero attached hydrogens (tertiary/aromatic N) is 1. The van der Waals surface area contributed by atoms with E-state index in [9.17, 15) is 4.79 Å². The van der Waals surface area contributed by atoms with Gasteiger partial charge in [0.15, 0.2) is 5.78 Å². The van der Waals surface area contributed by atoms with Crippen molar-refractivity contribution in [2.45, 2.75) is 18.9 Å². The minimum atomic E-state index is -0.543. The summed E-state index contributed by atoms with van der Waals surface area (Å²) in [6.07, 6.45) is 4.05. The molecule has 0 radical (unpaired) electrons. The Labute approximate surface area is 182 Å². The number of aromatic amines is 1. The molecule has 1 unspecified atom stereocenters. The van der Waals surface area contributed by atoms with Crippen LogP contribution < -0.4 is 5.73 Å². The maximum atomic E-state index is 12.4. The van der Waals surface area contributed by atoms with Crippen molar-refractivity contribution in [1.82, 2.24) is 9.97 Å². The van der Waals surface area contributed by atoms with Gasteiger partial charge in [-0.05, 0) is 41.0 Å². The zero-order chi connectivity index (χ0) is 21.5. The Kier molecular flexibility index (Phi) is 6.37. The van der Waals surface area contributed by atoms with Gasteiger partial charge in [0.1, 0.15) is 0 Å². The van der Waals surface area contributed by atoms with Gasteiger partial charge < -0.3 is 10.7 Å². The molecule has 0 aliphatic heterocycles. The first-order valence-corrected chi connectivity index (χ1v) is 10.2. The minimum Gasteiger partial charge on any atom is -0.348 e. The van der Waals surface area contributed by atoms with Crippen molar-refractivity contribution in [1.29, 1.82) is 0 Å². The van der Waals surface area contributed by atoms with Crippen molar-refractivity contribution >= 4 is 5.78 Å². The van der Waals surface area contributed by atoms with E-state index in [1.54, 1.807) is 12.5 Å². The molecule has 3 aromatic carbocycles. The van der Waals surface area contributed by atoms with Crippen molar-refractivity contribution < 1.29 is 4.79 Å². The summed E-state index contributed by atoms with van der Waals surface area (Å²) in [4.78, 5) is 19.3. The van der Waals surface area contributed by atoms with Gasteiger partial charge in [-0.15, -0.1) is 0 Å². The highest BCUT2D eigenvalue weighted by Gasteiger charge is 2.15. The Morgan fingerprint density at radius 3 is 2.10 bits per heavy atom. The highest BCUT2D eigenvalue weighted by atomic mass is 16.1. The maximum Gasteiger partial charge on any atom is 0.154 e. The number of carbonyl (C=O) groups excluding carboxylic acids is 1. The number of aromatic nitrogens is 2. The predicted octanol–water partition coefficient (Wildman–Crippen LogP) is 4.16. The summed E-state index contributed by atoms with van der Waals surface area (Å²) in [5.74, 6) is 6.39. The first kappa shape index (κ1) is 20.3. The lowest BCUT2D eigenvalue weighted by Crippen LogP contribution is -2.34. The number of nitrogens with two attached hydrogens (primary N) is 1. The molecule has 1 heterocycles. The minimum absolute atomic E-state index is 0.00643. The van der Waals surface area contributed by atoms with E-state index in [4.69, 9.17) is 5.73 Å². The number of hydrogen-bond donors (Lipinski definition) is 2. The van der Waals surface area contributed by atoms with E-state index in [2.05, 4.69) is 46.1 Å². The Morgan fingerprint density at radius 1 is 0.871 bits per heavy atom. The highest BCUT2D eigenvalue weighted by molar-refractivity contribution is 5.86. The number of rotatable bonds is 6. The molecule has 3 N–H and O–H groups in total. The van der Waals surface area contributed by atoms with E-state index >= 15 is 0 Å².